The first-order chi connectivity index (χ1) is 43.7. The molecule has 0 spiro atoms. The Hall–Kier alpha value is -11.5. The molecule has 14 aromatic carbocycles. The number of nitrogens with zero attached hydrogens (tertiary/aromatic N) is 2. The molecular weight excluding hydrogens is 1070 g/mol. The van der Waals surface area contributed by atoms with Crippen LogP contribution in [-0.4, -0.2) is 0 Å². The fourth-order valence-electron chi connectivity index (χ4n) is 14.8. The Labute approximate surface area is 512 Å². The zero-order valence-corrected chi connectivity index (χ0v) is 48.0. The third-order valence-corrected chi connectivity index (χ3v) is 18.4. The highest BCUT2D eigenvalue weighted by Crippen LogP contribution is 2.63. The summed E-state index contributed by atoms with van der Waals surface area (Å²) in [6.45, 7) is 0. The lowest BCUT2D eigenvalue weighted by atomic mass is 9.67. The van der Waals surface area contributed by atoms with Crippen molar-refractivity contribution in [2.45, 2.75) is 10.8 Å². The van der Waals surface area contributed by atoms with Gasteiger partial charge in [0.1, 0.15) is 5.69 Å². The molecule has 1 heterocycles. The molecular formula is C84H56N2O2. The Morgan fingerprint density at radius 2 is 0.580 bits per heavy atom. The van der Waals surface area contributed by atoms with Crippen LogP contribution in [0.15, 0.2) is 340 Å². The summed E-state index contributed by atoms with van der Waals surface area (Å²) < 4.78 is 14.7. The summed E-state index contributed by atoms with van der Waals surface area (Å²) in [5.74, 6) is 2.58. The van der Waals surface area contributed by atoms with Crippen molar-refractivity contribution < 1.29 is 9.47 Å². The number of hydrogen-bond donors (Lipinski definition) is 0. The Kier molecular flexibility index (Phi) is 12.0. The molecule has 17 rings (SSSR count). The fourth-order valence-corrected chi connectivity index (χ4v) is 14.8. The van der Waals surface area contributed by atoms with Crippen LogP contribution in [0, 0.1) is 0 Å². The molecule has 88 heavy (non-hydrogen) atoms. The van der Waals surface area contributed by atoms with Crippen LogP contribution in [-0.2, 0) is 10.8 Å². The first-order valence-corrected chi connectivity index (χ1v) is 30.2. The van der Waals surface area contributed by atoms with Gasteiger partial charge < -0.3 is 19.3 Å². The van der Waals surface area contributed by atoms with E-state index in [2.05, 4.69) is 325 Å². The van der Waals surface area contributed by atoms with Gasteiger partial charge in [-0.05, 0) is 151 Å². The quantitative estimate of drug-likeness (QED) is 0.129. The molecule has 0 bridgehead atoms. The van der Waals surface area contributed by atoms with E-state index in [1.54, 1.807) is 0 Å². The average Bonchev–Trinajstić information content (AvgIpc) is 1.61. The summed E-state index contributed by atoms with van der Waals surface area (Å²) in [7, 11) is 0. The van der Waals surface area contributed by atoms with Gasteiger partial charge in [-0.2, -0.15) is 0 Å². The van der Waals surface area contributed by atoms with E-state index >= 15 is 0 Å². The van der Waals surface area contributed by atoms with E-state index in [0.717, 1.165) is 56.0 Å². The van der Waals surface area contributed by atoms with Crippen molar-refractivity contribution in [1.82, 2.24) is 0 Å². The van der Waals surface area contributed by atoms with E-state index in [1.165, 1.54) is 66.8 Å². The zero-order chi connectivity index (χ0) is 58.2. The number of ether oxygens (including phenoxy) is 2. The molecule has 0 radical (unpaired) electrons. The highest BCUT2D eigenvalue weighted by molar-refractivity contribution is 6.12. The monoisotopic (exact) mass is 1120 g/mol. The third-order valence-electron chi connectivity index (χ3n) is 18.4. The molecule has 14 aromatic rings. The Morgan fingerprint density at radius 1 is 0.239 bits per heavy atom. The second-order valence-corrected chi connectivity index (χ2v) is 23.0. The van der Waals surface area contributed by atoms with Crippen molar-refractivity contribution in [3.63, 3.8) is 0 Å². The largest absolute Gasteiger partial charge is 0.449 e. The maximum absolute atomic E-state index is 7.37. The summed E-state index contributed by atoms with van der Waals surface area (Å²) in [5.41, 5.74) is 21.6. The van der Waals surface area contributed by atoms with Crippen molar-refractivity contribution in [1.29, 1.82) is 0 Å². The van der Waals surface area contributed by atoms with Gasteiger partial charge in [0, 0.05) is 39.4 Å². The minimum absolute atomic E-state index is 0.554. The predicted molar refractivity (Wildman–Crippen MR) is 360 cm³/mol. The number of benzene rings is 14. The van der Waals surface area contributed by atoms with Gasteiger partial charge in [-0.15, -0.1) is 0 Å². The van der Waals surface area contributed by atoms with Crippen LogP contribution >= 0.6 is 0 Å². The SMILES string of the molecule is c1ccc(N(c2ccc(-c3c4c(c(N(c5ccccc5)c5ccc6c(c5)C(c5ccccc5)(c5ccccc5)c5ccccc5-6)c5ccccc35)Oc3ccccc3O4)cc2)c2ccc3c(c2)C(c2ccccc2)(c2ccccc2)c2ccccc2-3)cc1. The second kappa shape index (κ2) is 20.7. The van der Waals surface area contributed by atoms with Crippen molar-refractivity contribution in [3.8, 4) is 56.4 Å². The van der Waals surface area contributed by atoms with Crippen LogP contribution in [0.25, 0.3) is 44.2 Å². The lowest BCUT2D eigenvalue weighted by Crippen LogP contribution is -2.28. The topological polar surface area (TPSA) is 24.9 Å². The number of rotatable bonds is 11. The summed E-state index contributed by atoms with van der Waals surface area (Å²) in [6.07, 6.45) is 0. The molecule has 0 atom stereocenters. The number of fused-ring (bicyclic) bond motifs is 9. The van der Waals surface area contributed by atoms with Crippen molar-refractivity contribution in [3.05, 3.63) is 384 Å². The molecule has 0 N–H and O–H groups in total. The molecule has 3 aliphatic rings. The minimum Gasteiger partial charge on any atom is -0.449 e. The maximum atomic E-state index is 7.37. The van der Waals surface area contributed by atoms with Crippen LogP contribution in [0.2, 0.25) is 0 Å². The van der Waals surface area contributed by atoms with Gasteiger partial charge in [0.15, 0.2) is 23.0 Å². The van der Waals surface area contributed by atoms with Crippen LogP contribution < -0.4 is 19.3 Å². The Morgan fingerprint density at radius 3 is 1.06 bits per heavy atom. The van der Waals surface area contributed by atoms with Crippen molar-refractivity contribution in [2.24, 2.45) is 0 Å². The van der Waals surface area contributed by atoms with Gasteiger partial charge in [-0.3, -0.25) is 0 Å². The van der Waals surface area contributed by atoms with Crippen LogP contribution in [0.4, 0.5) is 34.1 Å². The lowest BCUT2D eigenvalue weighted by Gasteiger charge is -2.36. The van der Waals surface area contributed by atoms with Gasteiger partial charge in [-0.25, -0.2) is 0 Å². The molecule has 0 saturated carbocycles. The van der Waals surface area contributed by atoms with Gasteiger partial charge in [0.25, 0.3) is 0 Å². The summed E-state index contributed by atoms with van der Waals surface area (Å²) in [4.78, 5) is 4.77. The average molecular weight is 1130 g/mol. The van der Waals surface area contributed by atoms with Crippen molar-refractivity contribution in [2.75, 3.05) is 9.80 Å². The number of hydrogen-bond acceptors (Lipinski definition) is 4. The number of para-hydroxylation sites is 4. The molecule has 2 aliphatic carbocycles. The first kappa shape index (κ1) is 51.0. The molecule has 414 valence electrons. The molecule has 1 aliphatic heterocycles. The van der Waals surface area contributed by atoms with E-state index in [4.69, 9.17) is 9.47 Å². The fraction of sp³-hybridized carbons (Fsp3) is 0.0238. The standard InChI is InChI=1S/C84H56N2O2/c1-7-27-58(28-8-1)83(59-29-9-2-10-30-59)73-43-23-21-39-67(73)69-53-51-65(55-75(69)83)85(62-35-15-5-16-36-62)64-49-47-57(48-50-64)79-71-41-19-20-42-72(71)80(82-81(79)87-77-45-25-26-46-78(77)88-82)86(63-37-17-6-18-38-63)66-52-54-70-68-40-22-24-44-74(68)84(76(70)56-66,60-31-11-3-12-32-60)61-33-13-4-14-34-61/h1-56H. The molecule has 0 unspecified atom stereocenters. The van der Waals surface area contributed by atoms with E-state index < -0.39 is 10.8 Å². The lowest BCUT2D eigenvalue weighted by molar-refractivity contribution is 0.362. The van der Waals surface area contributed by atoms with E-state index in [0.29, 0.717) is 23.0 Å². The van der Waals surface area contributed by atoms with Crippen molar-refractivity contribution >= 4 is 44.9 Å². The van der Waals surface area contributed by atoms with E-state index in [9.17, 15) is 0 Å². The molecule has 0 saturated heterocycles. The summed E-state index contributed by atoms with van der Waals surface area (Å²) in [6, 6.07) is 123. The van der Waals surface area contributed by atoms with E-state index in [1.807, 2.05) is 24.3 Å². The van der Waals surface area contributed by atoms with Gasteiger partial charge in [-0.1, -0.05) is 267 Å². The highest BCUT2D eigenvalue weighted by Gasteiger charge is 2.48. The van der Waals surface area contributed by atoms with Gasteiger partial charge in [0.05, 0.1) is 10.8 Å². The normalized spacial score (nSPS) is 13.4. The molecule has 4 heteroatoms. The highest BCUT2D eigenvalue weighted by atomic mass is 16.6. The van der Waals surface area contributed by atoms with E-state index in [-0.39, 0.29) is 0 Å². The second-order valence-electron chi connectivity index (χ2n) is 23.0. The smallest absolute Gasteiger partial charge is 0.195 e. The molecule has 0 aromatic heterocycles. The first-order valence-electron chi connectivity index (χ1n) is 30.2. The molecule has 0 amide bonds. The predicted octanol–water partition coefficient (Wildman–Crippen LogP) is 22.1. The Balaban J connectivity index is 0.856. The van der Waals surface area contributed by atoms with Crippen LogP contribution in [0.3, 0.4) is 0 Å². The van der Waals surface area contributed by atoms with Crippen LogP contribution in [0.5, 0.6) is 23.0 Å². The molecule has 0 fully saturated rings. The zero-order valence-electron chi connectivity index (χ0n) is 48.0. The number of anilines is 6. The maximum Gasteiger partial charge on any atom is 0.195 e. The van der Waals surface area contributed by atoms with Gasteiger partial charge in [0.2, 0.25) is 0 Å². The summed E-state index contributed by atoms with van der Waals surface area (Å²) in [5, 5.41) is 2.04. The summed E-state index contributed by atoms with van der Waals surface area (Å²) >= 11 is 0. The third kappa shape index (κ3) is 7.72. The molecule has 4 nitrogen and oxygen atoms in total. The van der Waals surface area contributed by atoms with Gasteiger partial charge >= 0.3 is 0 Å². The van der Waals surface area contributed by atoms with Crippen LogP contribution in [0.1, 0.15) is 44.5 Å². The Bertz CT molecular complexity index is 4880. The minimum atomic E-state index is -0.611.